The van der Waals surface area contributed by atoms with E-state index in [2.05, 4.69) is 42.1 Å². The van der Waals surface area contributed by atoms with Gasteiger partial charge in [0.25, 0.3) is 0 Å². The van der Waals surface area contributed by atoms with E-state index in [1.54, 1.807) is 0 Å². The molecule has 0 radical (unpaired) electrons. The van der Waals surface area contributed by atoms with Crippen molar-refractivity contribution in [3.8, 4) is 0 Å². The summed E-state index contributed by atoms with van der Waals surface area (Å²) >= 11 is 0. The van der Waals surface area contributed by atoms with E-state index in [9.17, 15) is 4.79 Å². The number of methoxy groups -OCH3 is 1. The van der Waals surface area contributed by atoms with Gasteiger partial charge in [-0.25, -0.2) is 0 Å². The first-order valence-electron chi connectivity index (χ1n) is 5.47. The second kappa shape index (κ2) is 6.28. The van der Waals surface area contributed by atoms with Crippen LogP contribution in [-0.4, -0.2) is 26.2 Å². The SMILES string of the molecule is COC(=O)CNCCc1cc(C)ccc1C. The summed E-state index contributed by atoms with van der Waals surface area (Å²) in [4.78, 5) is 10.9. The number of nitrogens with one attached hydrogen (secondary N) is 1. The second-order valence-corrected chi connectivity index (χ2v) is 3.93. The Bertz CT molecular complexity index is 361. The highest BCUT2D eigenvalue weighted by Crippen LogP contribution is 2.10. The van der Waals surface area contributed by atoms with Gasteiger partial charge in [-0.15, -0.1) is 0 Å². The van der Waals surface area contributed by atoms with Crippen molar-refractivity contribution in [1.82, 2.24) is 5.32 Å². The maximum atomic E-state index is 10.9. The molecule has 1 N–H and O–H groups in total. The molecular weight excluding hydrogens is 202 g/mol. The van der Waals surface area contributed by atoms with Crippen LogP contribution >= 0.6 is 0 Å². The summed E-state index contributed by atoms with van der Waals surface area (Å²) in [5, 5.41) is 3.06. The maximum Gasteiger partial charge on any atom is 0.319 e. The topological polar surface area (TPSA) is 38.3 Å². The van der Waals surface area contributed by atoms with Crippen LogP contribution in [0, 0.1) is 13.8 Å². The summed E-state index contributed by atoms with van der Waals surface area (Å²) in [6.45, 7) is 5.26. The van der Waals surface area contributed by atoms with Gasteiger partial charge in [-0.05, 0) is 37.9 Å². The van der Waals surface area contributed by atoms with Crippen molar-refractivity contribution in [2.45, 2.75) is 20.3 Å². The van der Waals surface area contributed by atoms with Gasteiger partial charge in [-0.1, -0.05) is 23.8 Å². The number of esters is 1. The summed E-state index contributed by atoms with van der Waals surface area (Å²) in [5.41, 5.74) is 3.90. The largest absolute Gasteiger partial charge is 0.468 e. The number of carbonyl (C=O) groups is 1. The molecule has 1 rings (SSSR count). The average molecular weight is 221 g/mol. The molecule has 16 heavy (non-hydrogen) atoms. The first kappa shape index (κ1) is 12.7. The lowest BCUT2D eigenvalue weighted by Crippen LogP contribution is -2.26. The molecule has 0 aromatic heterocycles. The van der Waals surface area contributed by atoms with Gasteiger partial charge in [0.1, 0.15) is 0 Å². The minimum atomic E-state index is -0.221. The van der Waals surface area contributed by atoms with E-state index in [1.807, 2.05) is 0 Å². The zero-order valence-corrected chi connectivity index (χ0v) is 10.2. The molecule has 88 valence electrons. The number of rotatable bonds is 5. The van der Waals surface area contributed by atoms with Crippen LogP contribution in [0.4, 0.5) is 0 Å². The van der Waals surface area contributed by atoms with E-state index >= 15 is 0 Å². The van der Waals surface area contributed by atoms with Crippen LogP contribution in [0.25, 0.3) is 0 Å². The molecule has 0 saturated heterocycles. The first-order valence-corrected chi connectivity index (χ1v) is 5.47. The van der Waals surface area contributed by atoms with E-state index in [0.717, 1.165) is 13.0 Å². The second-order valence-electron chi connectivity index (χ2n) is 3.93. The highest BCUT2D eigenvalue weighted by molar-refractivity contribution is 5.71. The lowest BCUT2D eigenvalue weighted by atomic mass is 10.0. The molecule has 0 bridgehead atoms. The van der Waals surface area contributed by atoms with E-state index in [-0.39, 0.29) is 12.5 Å². The maximum absolute atomic E-state index is 10.9. The third-order valence-corrected chi connectivity index (χ3v) is 2.57. The van der Waals surface area contributed by atoms with E-state index in [1.165, 1.54) is 23.8 Å². The van der Waals surface area contributed by atoms with Gasteiger partial charge >= 0.3 is 5.97 Å². The highest BCUT2D eigenvalue weighted by atomic mass is 16.5. The van der Waals surface area contributed by atoms with Crippen LogP contribution in [0.5, 0.6) is 0 Å². The zero-order chi connectivity index (χ0) is 12.0. The van der Waals surface area contributed by atoms with Gasteiger partial charge in [0, 0.05) is 0 Å². The van der Waals surface area contributed by atoms with E-state index < -0.39 is 0 Å². The van der Waals surface area contributed by atoms with Crippen molar-refractivity contribution in [3.63, 3.8) is 0 Å². The van der Waals surface area contributed by atoms with Crippen LogP contribution in [0.1, 0.15) is 16.7 Å². The molecule has 0 aliphatic heterocycles. The number of benzene rings is 1. The zero-order valence-electron chi connectivity index (χ0n) is 10.2. The summed E-state index contributed by atoms with van der Waals surface area (Å²) in [5.74, 6) is -0.221. The fourth-order valence-electron chi connectivity index (χ4n) is 1.56. The standard InChI is InChI=1S/C13H19NO2/c1-10-4-5-11(2)12(8-10)6-7-14-9-13(15)16-3/h4-5,8,14H,6-7,9H2,1-3H3. The molecule has 1 aromatic carbocycles. The smallest absolute Gasteiger partial charge is 0.319 e. The Morgan fingerprint density at radius 2 is 2.12 bits per heavy atom. The molecule has 0 atom stereocenters. The van der Waals surface area contributed by atoms with Crippen molar-refractivity contribution in [3.05, 3.63) is 34.9 Å². The van der Waals surface area contributed by atoms with Gasteiger partial charge in [0.15, 0.2) is 0 Å². The van der Waals surface area contributed by atoms with Crippen molar-refractivity contribution in [1.29, 1.82) is 0 Å². The van der Waals surface area contributed by atoms with Crippen molar-refractivity contribution >= 4 is 5.97 Å². The lowest BCUT2D eigenvalue weighted by molar-refractivity contribution is -0.139. The molecule has 3 nitrogen and oxygen atoms in total. The molecule has 3 heteroatoms. The van der Waals surface area contributed by atoms with Gasteiger partial charge < -0.3 is 10.1 Å². The van der Waals surface area contributed by atoms with Crippen LogP contribution in [0.3, 0.4) is 0 Å². The van der Waals surface area contributed by atoms with Crippen LogP contribution < -0.4 is 5.32 Å². The number of carbonyl (C=O) groups excluding carboxylic acids is 1. The van der Waals surface area contributed by atoms with Gasteiger partial charge in [-0.3, -0.25) is 4.79 Å². The first-order chi connectivity index (χ1) is 7.63. The number of aryl methyl sites for hydroxylation is 2. The Balaban J connectivity index is 2.37. The Kier molecular flexibility index (Phi) is 4.99. The van der Waals surface area contributed by atoms with Crippen molar-refractivity contribution in [2.24, 2.45) is 0 Å². The Morgan fingerprint density at radius 3 is 2.81 bits per heavy atom. The van der Waals surface area contributed by atoms with Crippen LogP contribution in [-0.2, 0) is 16.0 Å². The molecular formula is C13H19NO2. The summed E-state index contributed by atoms with van der Waals surface area (Å²) in [6.07, 6.45) is 0.935. The number of hydrogen-bond donors (Lipinski definition) is 1. The molecule has 0 saturated carbocycles. The Morgan fingerprint density at radius 1 is 1.38 bits per heavy atom. The highest BCUT2D eigenvalue weighted by Gasteiger charge is 2.01. The third kappa shape index (κ3) is 4.03. The van der Waals surface area contributed by atoms with Gasteiger partial charge in [0.05, 0.1) is 13.7 Å². The molecule has 0 amide bonds. The minimum absolute atomic E-state index is 0.221. The number of hydrogen-bond acceptors (Lipinski definition) is 3. The van der Waals surface area contributed by atoms with Gasteiger partial charge in [0.2, 0.25) is 0 Å². The lowest BCUT2D eigenvalue weighted by Gasteiger charge is -2.07. The predicted octanol–water partition coefficient (Wildman–Crippen LogP) is 1.61. The van der Waals surface area contributed by atoms with E-state index in [4.69, 9.17) is 0 Å². The Hall–Kier alpha value is -1.35. The molecule has 0 heterocycles. The monoisotopic (exact) mass is 221 g/mol. The fourth-order valence-corrected chi connectivity index (χ4v) is 1.56. The van der Waals surface area contributed by atoms with Crippen molar-refractivity contribution in [2.75, 3.05) is 20.2 Å². The normalized spacial score (nSPS) is 10.2. The summed E-state index contributed by atoms with van der Waals surface area (Å²) < 4.78 is 4.54. The minimum Gasteiger partial charge on any atom is -0.468 e. The average Bonchev–Trinajstić information content (AvgIpc) is 2.28. The molecule has 0 aliphatic rings. The molecule has 0 aliphatic carbocycles. The van der Waals surface area contributed by atoms with Crippen LogP contribution in [0.2, 0.25) is 0 Å². The number of ether oxygens (including phenoxy) is 1. The summed E-state index contributed by atoms with van der Waals surface area (Å²) in [6, 6.07) is 6.43. The predicted molar refractivity (Wildman–Crippen MR) is 64.5 cm³/mol. The Labute approximate surface area is 96.8 Å². The van der Waals surface area contributed by atoms with E-state index in [0.29, 0.717) is 0 Å². The molecule has 0 spiro atoms. The third-order valence-electron chi connectivity index (χ3n) is 2.57. The molecule has 0 unspecified atom stereocenters. The van der Waals surface area contributed by atoms with Gasteiger partial charge in [-0.2, -0.15) is 0 Å². The molecule has 0 fully saturated rings. The van der Waals surface area contributed by atoms with Crippen LogP contribution in [0.15, 0.2) is 18.2 Å². The van der Waals surface area contributed by atoms with Crippen molar-refractivity contribution < 1.29 is 9.53 Å². The molecule has 1 aromatic rings. The summed E-state index contributed by atoms with van der Waals surface area (Å²) in [7, 11) is 1.40. The fraction of sp³-hybridized carbons (Fsp3) is 0.462. The quantitative estimate of drug-likeness (QED) is 0.606.